The van der Waals surface area contributed by atoms with Gasteiger partial charge >= 0.3 is 0 Å². The number of thioether (sulfide) groups is 1. The van der Waals surface area contributed by atoms with Crippen LogP contribution < -0.4 is 4.90 Å². The molecule has 1 aromatic carbocycles. The molecule has 1 aliphatic rings. The fourth-order valence-corrected chi connectivity index (χ4v) is 5.01. The number of carbonyl (C=O) groups excluding carboxylic acids is 1. The first-order chi connectivity index (χ1) is 13.4. The number of benzene rings is 1. The molecule has 2 heterocycles. The second-order valence-corrected chi connectivity index (χ2v) is 9.01. The number of carbonyl (C=O) groups is 1. The first-order valence-corrected chi connectivity index (χ1v) is 11.1. The zero-order valence-corrected chi connectivity index (χ0v) is 18.1. The molecule has 0 unspecified atom stereocenters. The van der Waals surface area contributed by atoms with Crippen molar-refractivity contribution < 1.29 is 4.79 Å². The van der Waals surface area contributed by atoms with Crippen molar-refractivity contribution in [3.8, 4) is 0 Å². The second kappa shape index (κ2) is 7.67. The molecular weight excluding hydrogens is 390 g/mol. The summed E-state index contributed by atoms with van der Waals surface area (Å²) in [7, 11) is 2.03. The zero-order chi connectivity index (χ0) is 19.8. The van der Waals surface area contributed by atoms with Crippen molar-refractivity contribution in [1.29, 1.82) is 0 Å². The van der Waals surface area contributed by atoms with Gasteiger partial charge in [-0.05, 0) is 38.3 Å². The number of rotatable bonds is 6. The van der Waals surface area contributed by atoms with Crippen LogP contribution in [0.5, 0.6) is 0 Å². The molecule has 0 atom stereocenters. The van der Waals surface area contributed by atoms with Gasteiger partial charge in [0.25, 0.3) is 0 Å². The van der Waals surface area contributed by atoms with Gasteiger partial charge in [-0.3, -0.25) is 9.69 Å². The minimum absolute atomic E-state index is 0.0390. The lowest BCUT2D eigenvalue weighted by molar-refractivity contribution is -0.115. The molecule has 0 aliphatic heterocycles. The molecule has 28 heavy (non-hydrogen) atoms. The van der Waals surface area contributed by atoms with E-state index in [0.717, 1.165) is 27.9 Å². The van der Waals surface area contributed by atoms with E-state index in [4.69, 9.17) is 4.98 Å². The Hall–Kier alpha value is -2.19. The first kappa shape index (κ1) is 19.1. The van der Waals surface area contributed by atoms with Gasteiger partial charge in [0.05, 0.1) is 11.4 Å². The van der Waals surface area contributed by atoms with Crippen molar-refractivity contribution in [3.05, 3.63) is 46.2 Å². The van der Waals surface area contributed by atoms with Gasteiger partial charge < -0.3 is 4.57 Å². The average Bonchev–Trinajstić information content (AvgIpc) is 3.27. The van der Waals surface area contributed by atoms with Crippen molar-refractivity contribution >= 4 is 39.8 Å². The molecular formula is C20H23N5OS2. The van der Waals surface area contributed by atoms with E-state index < -0.39 is 0 Å². The predicted molar refractivity (Wildman–Crippen MR) is 113 cm³/mol. The predicted octanol–water partition coefficient (Wildman–Crippen LogP) is 4.74. The molecule has 8 heteroatoms. The van der Waals surface area contributed by atoms with Crippen LogP contribution in [-0.4, -0.2) is 25.7 Å². The molecule has 2 aromatic heterocycles. The smallest absolute Gasteiger partial charge is 0.230 e. The van der Waals surface area contributed by atoms with Crippen LogP contribution in [0.1, 0.15) is 48.3 Å². The van der Waals surface area contributed by atoms with Crippen molar-refractivity contribution in [2.45, 2.75) is 50.4 Å². The molecule has 0 N–H and O–H groups in total. The Morgan fingerprint density at radius 3 is 2.79 bits per heavy atom. The zero-order valence-electron chi connectivity index (χ0n) is 16.5. The summed E-state index contributed by atoms with van der Waals surface area (Å²) in [4.78, 5) is 18.8. The van der Waals surface area contributed by atoms with E-state index in [9.17, 15) is 4.79 Å². The summed E-state index contributed by atoms with van der Waals surface area (Å²) in [5, 5.41) is 12.3. The summed E-state index contributed by atoms with van der Waals surface area (Å²) in [6, 6.07) is 6.09. The summed E-state index contributed by atoms with van der Waals surface area (Å²) in [6.07, 6.45) is 2.43. The van der Waals surface area contributed by atoms with E-state index in [1.165, 1.54) is 29.7 Å². The number of hydrogen-bond acceptors (Lipinski definition) is 6. The Kier molecular flexibility index (Phi) is 5.25. The Morgan fingerprint density at radius 1 is 1.32 bits per heavy atom. The summed E-state index contributed by atoms with van der Waals surface area (Å²) < 4.78 is 2.09. The second-order valence-electron chi connectivity index (χ2n) is 7.23. The molecule has 1 aliphatic carbocycles. The largest absolute Gasteiger partial charge is 0.309 e. The van der Waals surface area contributed by atoms with Crippen LogP contribution >= 0.6 is 23.1 Å². The molecule has 146 valence electrons. The number of aromatic nitrogens is 4. The van der Waals surface area contributed by atoms with Crippen molar-refractivity contribution in [3.63, 3.8) is 0 Å². The SMILES string of the molecule is CC(=O)N(c1nc(CSc2nnc(C3CC3)n2C)cs1)c1ccc(C)cc1C. The molecule has 1 saturated carbocycles. The maximum absolute atomic E-state index is 12.4. The van der Waals surface area contributed by atoms with E-state index in [0.29, 0.717) is 16.8 Å². The molecule has 1 amide bonds. The van der Waals surface area contributed by atoms with Gasteiger partial charge in [-0.15, -0.1) is 21.5 Å². The van der Waals surface area contributed by atoms with Gasteiger partial charge in [-0.25, -0.2) is 4.98 Å². The fraction of sp³-hybridized carbons (Fsp3) is 0.400. The minimum Gasteiger partial charge on any atom is -0.309 e. The van der Waals surface area contributed by atoms with Crippen LogP contribution in [0.15, 0.2) is 28.7 Å². The van der Waals surface area contributed by atoms with Crippen LogP contribution in [-0.2, 0) is 17.6 Å². The van der Waals surface area contributed by atoms with Crippen LogP contribution in [0.25, 0.3) is 0 Å². The standard InChI is InChI=1S/C20H23N5OS2/c1-12-5-8-17(13(2)9-12)25(14(3)26)19-21-16(10-27-19)11-28-20-23-22-18(24(20)4)15-6-7-15/h5,8-10,15H,6-7,11H2,1-4H3. The lowest BCUT2D eigenvalue weighted by atomic mass is 10.1. The highest BCUT2D eigenvalue weighted by atomic mass is 32.2. The van der Waals surface area contributed by atoms with Crippen LogP contribution in [0.3, 0.4) is 0 Å². The molecule has 4 rings (SSSR count). The molecule has 0 bridgehead atoms. The van der Waals surface area contributed by atoms with Gasteiger partial charge in [0.2, 0.25) is 5.91 Å². The van der Waals surface area contributed by atoms with Gasteiger partial charge in [0.1, 0.15) is 5.82 Å². The van der Waals surface area contributed by atoms with Gasteiger partial charge in [-0.2, -0.15) is 0 Å². The van der Waals surface area contributed by atoms with Crippen LogP contribution in [0, 0.1) is 13.8 Å². The highest BCUT2D eigenvalue weighted by Gasteiger charge is 2.29. The third-order valence-corrected chi connectivity index (χ3v) is 6.73. The maximum Gasteiger partial charge on any atom is 0.230 e. The molecule has 6 nitrogen and oxygen atoms in total. The lowest BCUT2D eigenvalue weighted by Crippen LogP contribution is -2.23. The van der Waals surface area contributed by atoms with Gasteiger partial charge in [-0.1, -0.05) is 29.5 Å². The normalized spacial score (nSPS) is 13.7. The first-order valence-electron chi connectivity index (χ1n) is 9.28. The number of aryl methyl sites for hydroxylation is 2. The molecule has 0 radical (unpaired) electrons. The summed E-state index contributed by atoms with van der Waals surface area (Å²) >= 11 is 3.12. The quantitative estimate of drug-likeness (QED) is 0.546. The summed E-state index contributed by atoms with van der Waals surface area (Å²) in [6.45, 7) is 5.65. The molecule has 0 spiro atoms. The Labute approximate surface area is 173 Å². The topological polar surface area (TPSA) is 63.9 Å². The number of hydrogen-bond donors (Lipinski definition) is 0. The highest BCUT2D eigenvalue weighted by molar-refractivity contribution is 7.98. The average molecular weight is 414 g/mol. The Balaban J connectivity index is 1.51. The Morgan fingerprint density at radius 2 is 2.11 bits per heavy atom. The minimum atomic E-state index is -0.0390. The van der Waals surface area contributed by atoms with Crippen LogP contribution in [0.2, 0.25) is 0 Å². The van der Waals surface area contributed by atoms with Crippen LogP contribution in [0.4, 0.5) is 10.8 Å². The van der Waals surface area contributed by atoms with Crippen molar-refractivity contribution in [2.75, 3.05) is 4.90 Å². The third-order valence-electron chi connectivity index (χ3n) is 4.80. The van der Waals surface area contributed by atoms with E-state index in [2.05, 4.69) is 27.8 Å². The number of anilines is 2. The summed E-state index contributed by atoms with van der Waals surface area (Å²) in [5.74, 6) is 2.33. The number of amides is 1. The van der Waals surface area contributed by atoms with E-state index in [1.54, 1.807) is 23.6 Å². The van der Waals surface area contributed by atoms with E-state index >= 15 is 0 Å². The van der Waals surface area contributed by atoms with Gasteiger partial charge in [0.15, 0.2) is 10.3 Å². The molecule has 3 aromatic rings. The molecule has 0 saturated heterocycles. The number of thiazole rings is 1. The fourth-order valence-electron chi connectivity index (χ4n) is 3.22. The van der Waals surface area contributed by atoms with E-state index in [-0.39, 0.29) is 5.91 Å². The highest BCUT2D eigenvalue weighted by Crippen LogP contribution is 2.40. The van der Waals surface area contributed by atoms with Gasteiger partial charge in [0, 0.05) is 31.0 Å². The summed E-state index contributed by atoms with van der Waals surface area (Å²) in [5.41, 5.74) is 4.06. The Bertz CT molecular complexity index is 1020. The molecule has 1 fully saturated rings. The van der Waals surface area contributed by atoms with E-state index in [1.807, 2.05) is 31.5 Å². The maximum atomic E-state index is 12.4. The third kappa shape index (κ3) is 3.84. The van der Waals surface area contributed by atoms with Crippen molar-refractivity contribution in [2.24, 2.45) is 7.05 Å². The monoisotopic (exact) mass is 413 g/mol. The van der Waals surface area contributed by atoms with Crippen molar-refractivity contribution in [1.82, 2.24) is 19.7 Å². The lowest BCUT2D eigenvalue weighted by Gasteiger charge is -2.20. The number of nitrogens with zero attached hydrogens (tertiary/aromatic N) is 5.